The Bertz CT molecular complexity index is 1320. The summed E-state index contributed by atoms with van der Waals surface area (Å²) in [5.74, 6) is -6.06. The molecule has 0 spiro atoms. The normalized spacial score (nSPS) is 28.6. The number of allylic oxidation sites excluding steroid dienone is 1. The van der Waals surface area contributed by atoms with Crippen LogP contribution in [-0.4, -0.2) is 12.3 Å². The molecule has 3 aliphatic rings. The summed E-state index contributed by atoms with van der Waals surface area (Å²) in [6.07, 6.45) is 0.122. The topological polar surface area (TPSA) is 9.23 Å². The van der Waals surface area contributed by atoms with E-state index in [-0.39, 0.29) is 49.6 Å². The second-order valence-electron chi connectivity index (χ2n) is 13.4. The van der Waals surface area contributed by atoms with Crippen molar-refractivity contribution < 1.29 is 44.3 Å². The number of hydrogen-bond acceptors (Lipinski definition) is 1. The summed E-state index contributed by atoms with van der Waals surface area (Å²) in [7, 11) is 0. The highest BCUT2D eigenvalue weighted by Crippen LogP contribution is 2.46. The molecule has 1 nitrogen and oxygen atoms in total. The lowest BCUT2D eigenvalue weighted by molar-refractivity contribution is -0.222. The monoisotopic (exact) mass is 646 g/mol. The summed E-state index contributed by atoms with van der Waals surface area (Å²) in [5, 5.41) is 0. The maximum atomic E-state index is 15.3. The van der Waals surface area contributed by atoms with E-state index in [9.17, 15) is 35.1 Å². The molecule has 0 amide bonds. The molecule has 0 saturated heterocycles. The Labute approximate surface area is 258 Å². The van der Waals surface area contributed by atoms with Crippen molar-refractivity contribution in [1.82, 2.24) is 0 Å². The van der Waals surface area contributed by atoms with Crippen molar-refractivity contribution in [3.05, 3.63) is 70.5 Å². The third-order valence-corrected chi connectivity index (χ3v) is 10.4. The predicted molar refractivity (Wildman–Crippen MR) is 154 cm³/mol. The van der Waals surface area contributed by atoms with Crippen molar-refractivity contribution in [2.75, 3.05) is 0 Å². The molecule has 45 heavy (non-hydrogen) atoms. The lowest BCUT2D eigenvalue weighted by Crippen LogP contribution is -2.37. The molecule has 0 unspecified atom stereocenters. The minimum Gasteiger partial charge on any atom is -0.432 e. The van der Waals surface area contributed by atoms with Crippen LogP contribution >= 0.6 is 0 Å². The number of alkyl halides is 5. The summed E-state index contributed by atoms with van der Waals surface area (Å²) in [6, 6.07) is 5.79. The minimum absolute atomic E-state index is 0.0468. The van der Waals surface area contributed by atoms with Crippen molar-refractivity contribution in [2.45, 2.75) is 108 Å². The van der Waals surface area contributed by atoms with Crippen molar-refractivity contribution in [1.29, 1.82) is 0 Å². The van der Waals surface area contributed by atoms with Gasteiger partial charge in [-0.15, -0.1) is 0 Å². The molecule has 3 aliphatic carbocycles. The van der Waals surface area contributed by atoms with Crippen LogP contribution < -0.4 is 4.74 Å². The molecule has 0 heterocycles. The molecule has 3 fully saturated rings. The Hall–Kier alpha value is -2.65. The first-order valence-electron chi connectivity index (χ1n) is 16.0. The molecule has 10 heteroatoms. The Balaban J connectivity index is 1.16. The van der Waals surface area contributed by atoms with Crippen LogP contribution in [-0.2, 0) is 0 Å². The summed E-state index contributed by atoms with van der Waals surface area (Å²) < 4.78 is 129. The van der Waals surface area contributed by atoms with Crippen LogP contribution in [0.4, 0.5) is 39.5 Å². The van der Waals surface area contributed by atoms with Gasteiger partial charge in [-0.3, -0.25) is 0 Å². The SMILES string of the molecule is CC1CCC(C2CCC(c3ccc(C4CCC(C(F)(F)Oc5cc(F)c(/C(F)=C/C(F)(F)F)c(F)c5)CC4)c(F)c3)CC2)CC1. The van der Waals surface area contributed by atoms with Crippen LogP contribution in [0.1, 0.15) is 112 Å². The zero-order valence-electron chi connectivity index (χ0n) is 25.2. The molecular formula is C35H39F9O. The summed E-state index contributed by atoms with van der Waals surface area (Å²) in [4.78, 5) is 0. The highest BCUT2D eigenvalue weighted by molar-refractivity contribution is 5.61. The van der Waals surface area contributed by atoms with Gasteiger partial charge in [0.2, 0.25) is 0 Å². The molecule has 0 bridgehead atoms. The van der Waals surface area contributed by atoms with E-state index in [0.29, 0.717) is 11.5 Å². The maximum Gasteiger partial charge on any atom is 0.412 e. The van der Waals surface area contributed by atoms with Gasteiger partial charge in [-0.1, -0.05) is 31.9 Å². The quantitative estimate of drug-likeness (QED) is 0.272. The van der Waals surface area contributed by atoms with Gasteiger partial charge < -0.3 is 4.74 Å². The molecule has 0 radical (unpaired) electrons. The van der Waals surface area contributed by atoms with E-state index in [0.717, 1.165) is 36.2 Å². The van der Waals surface area contributed by atoms with Gasteiger partial charge in [0.15, 0.2) is 0 Å². The minimum atomic E-state index is -5.18. The van der Waals surface area contributed by atoms with E-state index in [4.69, 9.17) is 0 Å². The van der Waals surface area contributed by atoms with Gasteiger partial charge in [0, 0.05) is 12.1 Å². The Morgan fingerprint density at radius 2 is 1.22 bits per heavy atom. The number of halogens is 9. The van der Waals surface area contributed by atoms with E-state index < -0.39 is 53.1 Å². The average Bonchev–Trinajstić information content (AvgIpc) is 2.96. The van der Waals surface area contributed by atoms with Crippen molar-refractivity contribution in [3.8, 4) is 5.75 Å². The fourth-order valence-corrected chi connectivity index (χ4v) is 7.84. The van der Waals surface area contributed by atoms with Crippen LogP contribution in [0.3, 0.4) is 0 Å². The van der Waals surface area contributed by atoms with E-state index in [1.807, 2.05) is 6.07 Å². The first kappa shape index (κ1) is 33.7. The van der Waals surface area contributed by atoms with E-state index in [1.165, 1.54) is 38.5 Å². The van der Waals surface area contributed by atoms with E-state index in [2.05, 4.69) is 11.7 Å². The Kier molecular flexibility index (Phi) is 10.2. The summed E-state index contributed by atoms with van der Waals surface area (Å²) >= 11 is 0. The van der Waals surface area contributed by atoms with Gasteiger partial charge >= 0.3 is 12.3 Å². The second kappa shape index (κ2) is 13.6. The highest BCUT2D eigenvalue weighted by Gasteiger charge is 2.45. The molecular weight excluding hydrogens is 607 g/mol. The molecule has 0 aliphatic heterocycles. The second-order valence-corrected chi connectivity index (χ2v) is 13.4. The van der Waals surface area contributed by atoms with E-state index in [1.54, 1.807) is 12.1 Å². The fourth-order valence-electron chi connectivity index (χ4n) is 7.84. The van der Waals surface area contributed by atoms with Gasteiger partial charge in [-0.2, -0.15) is 22.0 Å². The zero-order valence-corrected chi connectivity index (χ0v) is 25.2. The number of rotatable bonds is 7. The molecule has 2 aromatic carbocycles. The molecule has 248 valence electrons. The Morgan fingerprint density at radius 1 is 0.689 bits per heavy atom. The Morgan fingerprint density at radius 3 is 1.76 bits per heavy atom. The molecule has 2 aromatic rings. The fraction of sp³-hybridized carbons (Fsp3) is 0.600. The zero-order chi connectivity index (χ0) is 32.5. The molecule has 0 aromatic heterocycles. The number of hydrogen-bond donors (Lipinski definition) is 0. The molecule has 0 N–H and O–H groups in total. The van der Waals surface area contributed by atoms with Crippen molar-refractivity contribution in [2.24, 2.45) is 23.7 Å². The van der Waals surface area contributed by atoms with Crippen LogP contribution in [0.15, 0.2) is 36.4 Å². The number of benzene rings is 2. The van der Waals surface area contributed by atoms with Crippen LogP contribution in [0.25, 0.3) is 5.83 Å². The third-order valence-electron chi connectivity index (χ3n) is 10.4. The summed E-state index contributed by atoms with van der Waals surface area (Å²) in [6.45, 7) is 2.33. The summed E-state index contributed by atoms with van der Waals surface area (Å²) in [5.41, 5.74) is -0.154. The largest absolute Gasteiger partial charge is 0.432 e. The van der Waals surface area contributed by atoms with Gasteiger partial charge in [-0.25, -0.2) is 17.6 Å². The van der Waals surface area contributed by atoms with Gasteiger partial charge in [0.05, 0.1) is 17.6 Å². The molecule has 0 atom stereocenters. The highest BCUT2D eigenvalue weighted by atomic mass is 19.4. The number of ether oxygens (including phenoxy) is 1. The third kappa shape index (κ3) is 8.20. The molecule has 3 saturated carbocycles. The molecule has 5 rings (SSSR count). The lowest BCUT2D eigenvalue weighted by Gasteiger charge is -2.37. The van der Waals surface area contributed by atoms with Gasteiger partial charge in [0.1, 0.15) is 29.0 Å². The smallest absolute Gasteiger partial charge is 0.412 e. The van der Waals surface area contributed by atoms with E-state index >= 15 is 4.39 Å². The van der Waals surface area contributed by atoms with Crippen molar-refractivity contribution in [3.63, 3.8) is 0 Å². The van der Waals surface area contributed by atoms with Gasteiger partial charge in [-0.05, 0) is 111 Å². The van der Waals surface area contributed by atoms with Crippen molar-refractivity contribution >= 4 is 5.83 Å². The lowest BCUT2D eigenvalue weighted by atomic mass is 9.68. The van der Waals surface area contributed by atoms with Crippen LogP contribution in [0.2, 0.25) is 0 Å². The predicted octanol–water partition coefficient (Wildman–Crippen LogP) is 12.0. The standard InChI is InChI=1S/C35H39F9O/c1-20-2-4-21(5-3-20)22-6-8-23(9-7-22)25-12-15-28(29(36)16-25)24-10-13-26(14-11-24)35(43,44)45-27-17-30(37)33(31(38)18-27)32(39)19-34(40,41)42/h12,15-24,26H,2-11,13-14H2,1H3/b32-19-. The average molecular weight is 647 g/mol. The first-order chi connectivity index (χ1) is 21.2. The van der Waals surface area contributed by atoms with Crippen LogP contribution in [0, 0.1) is 41.1 Å². The van der Waals surface area contributed by atoms with Gasteiger partial charge in [0.25, 0.3) is 0 Å². The van der Waals surface area contributed by atoms with Crippen LogP contribution in [0.5, 0.6) is 5.75 Å². The maximum absolute atomic E-state index is 15.3. The first-order valence-corrected chi connectivity index (χ1v) is 16.0.